The van der Waals surface area contributed by atoms with E-state index in [2.05, 4.69) is 79.6 Å². The summed E-state index contributed by atoms with van der Waals surface area (Å²) in [6, 6.07) is 0.427. The summed E-state index contributed by atoms with van der Waals surface area (Å²) in [5.41, 5.74) is 0. The maximum absolute atomic E-state index is 13.7. The first-order valence-corrected chi connectivity index (χ1v) is 23.7. The summed E-state index contributed by atoms with van der Waals surface area (Å²) in [5.74, 6) is 0.432. The number of hydrogen-bond donors (Lipinski definition) is 1. The van der Waals surface area contributed by atoms with Crippen molar-refractivity contribution in [3.63, 3.8) is 0 Å². The minimum absolute atomic E-state index is 0.427. The van der Waals surface area contributed by atoms with Crippen molar-refractivity contribution in [3.05, 3.63) is 48.6 Å². The topological polar surface area (TPSA) is 32.3 Å². The lowest BCUT2D eigenvalue weighted by Crippen LogP contribution is -2.41. The third kappa shape index (κ3) is 38.5. The van der Waals surface area contributed by atoms with Gasteiger partial charge in [0.25, 0.3) is 0 Å². The van der Waals surface area contributed by atoms with Gasteiger partial charge in [0.05, 0.1) is 0 Å². The smallest absolute Gasteiger partial charge is 0.222 e. The van der Waals surface area contributed by atoms with Crippen LogP contribution in [0.3, 0.4) is 0 Å². The van der Waals surface area contributed by atoms with Crippen molar-refractivity contribution in [1.29, 1.82) is 0 Å². The van der Waals surface area contributed by atoms with Gasteiger partial charge in [-0.25, -0.2) is 0 Å². The quantitative estimate of drug-likeness (QED) is 0.0499. The fourth-order valence-corrected chi connectivity index (χ4v) is 7.33. The number of unbranched alkanes of at least 4 members (excludes halogenated alkanes) is 23. The molecule has 0 spiro atoms. The van der Waals surface area contributed by atoms with Crippen molar-refractivity contribution < 1.29 is 4.79 Å². The molecule has 0 heterocycles. The Hall–Kier alpha value is -1.61. The van der Waals surface area contributed by atoms with Crippen molar-refractivity contribution in [3.8, 4) is 0 Å². The molecule has 1 amide bonds. The van der Waals surface area contributed by atoms with E-state index < -0.39 is 0 Å². The van der Waals surface area contributed by atoms with E-state index in [1.807, 2.05) is 7.05 Å². The summed E-state index contributed by atoms with van der Waals surface area (Å²) in [5, 5.41) is 3.32. The number of carbonyl (C=O) groups excluding carboxylic acids is 1. The molecule has 1 N–H and O–H groups in total. The summed E-state index contributed by atoms with van der Waals surface area (Å²) >= 11 is 0. The van der Waals surface area contributed by atoms with Gasteiger partial charge in [-0.15, -0.1) is 0 Å². The lowest BCUT2D eigenvalue weighted by molar-refractivity contribution is -0.134. The molecule has 3 heteroatoms. The molecule has 0 rings (SSSR count). The van der Waals surface area contributed by atoms with Crippen molar-refractivity contribution in [2.24, 2.45) is 0 Å². The molecule has 0 aromatic carbocycles. The summed E-state index contributed by atoms with van der Waals surface area (Å²) < 4.78 is 0. The van der Waals surface area contributed by atoms with Crippen molar-refractivity contribution in [1.82, 2.24) is 10.2 Å². The predicted molar refractivity (Wildman–Crippen MR) is 240 cm³/mol. The van der Waals surface area contributed by atoms with Crippen molar-refractivity contribution in [2.45, 2.75) is 245 Å². The van der Waals surface area contributed by atoms with E-state index in [4.69, 9.17) is 0 Å². The van der Waals surface area contributed by atoms with Crippen LogP contribution < -0.4 is 5.32 Å². The number of allylic oxidation sites excluding steroid dienone is 8. The highest BCUT2D eigenvalue weighted by Gasteiger charge is 2.22. The van der Waals surface area contributed by atoms with E-state index in [0.717, 1.165) is 45.2 Å². The zero-order valence-corrected chi connectivity index (χ0v) is 36.5. The molecule has 0 saturated heterocycles. The van der Waals surface area contributed by atoms with Crippen LogP contribution in [0, 0.1) is 0 Å². The molecule has 0 fully saturated rings. The Morgan fingerprint density at radius 2 is 0.811 bits per heavy atom. The van der Waals surface area contributed by atoms with E-state index in [1.165, 1.54) is 186 Å². The third-order valence-corrected chi connectivity index (χ3v) is 10.8. The van der Waals surface area contributed by atoms with Gasteiger partial charge in [-0.05, 0) is 103 Å². The average Bonchev–Trinajstić information content (AvgIpc) is 3.16. The molecule has 0 saturated carbocycles. The van der Waals surface area contributed by atoms with Crippen LogP contribution in [-0.4, -0.2) is 37.0 Å². The largest absolute Gasteiger partial charge is 0.340 e. The number of hydrogen-bond acceptors (Lipinski definition) is 2. The molecule has 53 heavy (non-hydrogen) atoms. The first-order valence-electron chi connectivity index (χ1n) is 23.7. The second kappa shape index (κ2) is 44.8. The second-order valence-corrected chi connectivity index (χ2v) is 16.0. The molecular formula is C50H94N2O. The molecule has 0 aliphatic rings. The molecule has 3 nitrogen and oxygen atoms in total. The molecule has 0 aliphatic carbocycles. The molecule has 0 aromatic heterocycles. The summed E-state index contributed by atoms with van der Waals surface area (Å²) in [6.45, 7) is 8.73. The Kier molecular flexibility index (Phi) is 43.4. The fraction of sp³-hybridized carbons (Fsp3) is 0.820. The molecule has 0 aromatic rings. The third-order valence-electron chi connectivity index (χ3n) is 10.8. The number of rotatable bonds is 42. The average molecular weight is 739 g/mol. The second-order valence-electron chi connectivity index (χ2n) is 16.0. The SMILES string of the molecule is CCCCC/C=C\C/C=C\CCCCCCCCC(CCCCCCCC/C=C\C/C=C\CCCCC)N(CCCNC)C(=O)CCCCCCCC. The molecule has 0 radical (unpaired) electrons. The van der Waals surface area contributed by atoms with E-state index in [0.29, 0.717) is 11.9 Å². The minimum atomic E-state index is 0.427. The highest BCUT2D eigenvalue weighted by Crippen LogP contribution is 2.21. The van der Waals surface area contributed by atoms with Crippen LogP contribution in [0.5, 0.6) is 0 Å². The Balaban J connectivity index is 4.64. The van der Waals surface area contributed by atoms with Gasteiger partial charge in [0.1, 0.15) is 0 Å². The van der Waals surface area contributed by atoms with Gasteiger partial charge in [0, 0.05) is 19.0 Å². The van der Waals surface area contributed by atoms with E-state index >= 15 is 0 Å². The van der Waals surface area contributed by atoms with Crippen LogP contribution in [0.1, 0.15) is 239 Å². The van der Waals surface area contributed by atoms with Crippen LogP contribution in [0.2, 0.25) is 0 Å². The van der Waals surface area contributed by atoms with Gasteiger partial charge in [-0.3, -0.25) is 4.79 Å². The Morgan fingerprint density at radius 1 is 0.453 bits per heavy atom. The maximum Gasteiger partial charge on any atom is 0.222 e. The van der Waals surface area contributed by atoms with Crippen LogP contribution in [0.25, 0.3) is 0 Å². The first kappa shape index (κ1) is 51.4. The molecule has 310 valence electrons. The van der Waals surface area contributed by atoms with E-state index in [-0.39, 0.29) is 0 Å². The summed E-state index contributed by atoms with van der Waals surface area (Å²) in [7, 11) is 2.04. The fourth-order valence-electron chi connectivity index (χ4n) is 7.33. The number of amides is 1. The zero-order valence-electron chi connectivity index (χ0n) is 36.5. The first-order chi connectivity index (χ1) is 26.2. The van der Waals surface area contributed by atoms with Crippen molar-refractivity contribution in [2.75, 3.05) is 20.1 Å². The Morgan fingerprint density at radius 3 is 1.25 bits per heavy atom. The monoisotopic (exact) mass is 739 g/mol. The van der Waals surface area contributed by atoms with Crippen LogP contribution in [-0.2, 0) is 4.79 Å². The molecule has 0 bridgehead atoms. The molecule has 0 aliphatic heterocycles. The van der Waals surface area contributed by atoms with Crippen LogP contribution in [0.15, 0.2) is 48.6 Å². The van der Waals surface area contributed by atoms with Crippen LogP contribution >= 0.6 is 0 Å². The lowest BCUT2D eigenvalue weighted by Gasteiger charge is -2.33. The lowest BCUT2D eigenvalue weighted by atomic mass is 9.97. The highest BCUT2D eigenvalue weighted by molar-refractivity contribution is 5.76. The number of nitrogens with zero attached hydrogens (tertiary/aromatic N) is 1. The predicted octanol–water partition coefficient (Wildman–Crippen LogP) is 16.0. The maximum atomic E-state index is 13.7. The van der Waals surface area contributed by atoms with Gasteiger partial charge in [0.15, 0.2) is 0 Å². The van der Waals surface area contributed by atoms with Gasteiger partial charge in [0.2, 0.25) is 5.91 Å². The molecular weight excluding hydrogens is 645 g/mol. The number of carbonyl (C=O) groups is 1. The zero-order chi connectivity index (χ0) is 38.6. The summed E-state index contributed by atoms with van der Waals surface area (Å²) in [4.78, 5) is 16.0. The minimum Gasteiger partial charge on any atom is -0.340 e. The van der Waals surface area contributed by atoms with Gasteiger partial charge >= 0.3 is 0 Å². The Bertz CT molecular complexity index is 794. The molecule has 0 atom stereocenters. The van der Waals surface area contributed by atoms with Gasteiger partial charge in [-0.1, -0.05) is 191 Å². The highest BCUT2D eigenvalue weighted by atomic mass is 16.2. The normalized spacial score (nSPS) is 12.2. The number of nitrogens with one attached hydrogen (secondary N) is 1. The van der Waals surface area contributed by atoms with Crippen LogP contribution in [0.4, 0.5) is 0 Å². The standard InChI is InChI=1S/C50H94N2O/c1-5-8-11-14-17-19-21-23-25-27-29-31-33-35-37-40-44-49(52(48-43-47-51-4)50(53)46-42-39-16-13-10-7-3)45-41-38-36-34-32-30-28-26-24-22-20-18-15-12-9-6-2/h17-20,23-26,49,51H,5-16,21-22,27-48H2,1-4H3/b19-17-,20-18-,25-23-,26-24-. The molecule has 0 unspecified atom stereocenters. The van der Waals surface area contributed by atoms with Gasteiger partial charge < -0.3 is 10.2 Å². The summed E-state index contributed by atoms with van der Waals surface area (Å²) in [6.07, 6.45) is 61.5. The van der Waals surface area contributed by atoms with Crippen molar-refractivity contribution >= 4 is 5.91 Å². The van der Waals surface area contributed by atoms with Gasteiger partial charge in [-0.2, -0.15) is 0 Å². The van der Waals surface area contributed by atoms with E-state index in [1.54, 1.807) is 0 Å². The Labute approximate surface area is 333 Å². The van der Waals surface area contributed by atoms with E-state index in [9.17, 15) is 4.79 Å².